The summed E-state index contributed by atoms with van der Waals surface area (Å²) in [5.74, 6) is -2.87. The van der Waals surface area contributed by atoms with Crippen LogP contribution in [0.5, 0.6) is 17.2 Å². The Morgan fingerprint density at radius 3 is 1.61 bits per heavy atom. The molecule has 3 aromatic carbocycles. The molecule has 26 heteroatoms. The summed E-state index contributed by atoms with van der Waals surface area (Å²) in [7, 11) is 0. The second-order valence-electron chi connectivity index (χ2n) is 13.9. The number of rotatable bonds is 12. The zero-order chi connectivity index (χ0) is 53.1. The van der Waals surface area contributed by atoms with Crippen LogP contribution in [-0.2, 0) is 22.6 Å². The van der Waals surface area contributed by atoms with E-state index >= 15 is 0 Å². The van der Waals surface area contributed by atoms with Gasteiger partial charge in [0, 0.05) is 43.2 Å². The normalized spacial score (nSPS) is 10.2. The Hall–Kier alpha value is -6.82. The van der Waals surface area contributed by atoms with Crippen molar-refractivity contribution in [2.45, 2.75) is 47.7 Å². The SMILES string of the molecule is CCN.CCNCc1c(O)ccc(F)c1Cl.CCOC(=O)c1c(N)nn2ccc(Cl)nc12.CCOC(=O)c1c(N)nn2ccc(N(CC)Cc3c(O)ccc(F)c3Cl)nc12.O=Cc1c(O)ccc(F)c1Cl.[CH3-]. The molecule has 19 nitrogen and oxygen atoms in total. The molecule has 0 unspecified atom stereocenters. The van der Waals surface area contributed by atoms with Gasteiger partial charge in [0.1, 0.15) is 56.8 Å². The predicted molar refractivity (Wildman–Crippen MR) is 272 cm³/mol. The number of hydrogen-bond donors (Lipinski definition) is 7. The minimum Gasteiger partial charge on any atom is -0.508 e. The van der Waals surface area contributed by atoms with Gasteiger partial charge in [0.05, 0.1) is 33.8 Å². The lowest BCUT2D eigenvalue weighted by atomic mass is 10.1. The second kappa shape index (κ2) is 29.5. The number of nitrogens with two attached hydrogens (primary N) is 3. The van der Waals surface area contributed by atoms with E-state index in [0.29, 0.717) is 36.4 Å². The third kappa shape index (κ3) is 15.8. The minimum absolute atomic E-state index is 0. The Labute approximate surface area is 432 Å². The number of nitrogen functional groups attached to an aromatic ring is 2. The van der Waals surface area contributed by atoms with Gasteiger partial charge in [-0.2, -0.15) is 0 Å². The fraction of sp³-hybridized carbons (Fsp3) is 0.261. The van der Waals surface area contributed by atoms with Crippen molar-refractivity contribution in [2.24, 2.45) is 5.73 Å². The van der Waals surface area contributed by atoms with Crippen molar-refractivity contribution >= 4 is 93.4 Å². The summed E-state index contributed by atoms with van der Waals surface area (Å²) < 4.78 is 51.9. The molecule has 0 atom stereocenters. The van der Waals surface area contributed by atoms with Crippen LogP contribution in [0.1, 0.15) is 76.8 Å². The van der Waals surface area contributed by atoms with Crippen molar-refractivity contribution in [3.8, 4) is 17.2 Å². The van der Waals surface area contributed by atoms with Crippen LogP contribution in [-0.4, -0.2) is 95.6 Å². The molecule has 4 heterocycles. The number of hydrogen-bond acceptors (Lipinski definition) is 17. The Morgan fingerprint density at radius 2 is 1.15 bits per heavy atom. The van der Waals surface area contributed by atoms with Crippen LogP contribution in [0.3, 0.4) is 0 Å². The second-order valence-corrected chi connectivity index (χ2v) is 15.4. The number of aromatic hydroxyl groups is 3. The average molecular weight is 1090 g/mol. The molecular formula is C46H53Cl4F3N11O8-. The molecule has 390 valence electrons. The van der Waals surface area contributed by atoms with Crippen molar-refractivity contribution in [2.75, 3.05) is 49.2 Å². The largest absolute Gasteiger partial charge is 0.508 e. The lowest BCUT2D eigenvalue weighted by Crippen LogP contribution is -2.24. The first kappa shape index (κ1) is 61.3. The first-order valence-electron chi connectivity index (χ1n) is 21.1. The smallest absolute Gasteiger partial charge is 0.345 e. The predicted octanol–water partition coefficient (Wildman–Crippen LogP) is 8.86. The lowest BCUT2D eigenvalue weighted by molar-refractivity contribution is 0.0519. The number of aromatic nitrogens is 6. The van der Waals surface area contributed by atoms with Gasteiger partial charge < -0.3 is 59.6 Å². The maximum Gasteiger partial charge on any atom is 0.345 e. The third-order valence-electron chi connectivity index (χ3n) is 9.11. The zero-order valence-electron chi connectivity index (χ0n) is 39.7. The molecule has 0 fully saturated rings. The first-order valence-corrected chi connectivity index (χ1v) is 22.6. The van der Waals surface area contributed by atoms with Crippen molar-refractivity contribution < 1.29 is 52.3 Å². The average Bonchev–Trinajstić information content (AvgIpc) is 3.85. The molecule has 7 rings (SSSR count). The summed E-state index contributed by atoms with van der Waals surface area (Å²) in [5, 5.41) is 39.1. The number of carbonyl (C=O) groups excluding carboxylic acids is 3. The molecule has 0 aliphatic heterocycles. The van der Waals surface area contributed by atoms with Crippen LogP contribution in [0.2, 0.25) is 20.2 Å². The molecule has 7 aromatic rings. The van der Waals surface area contributed by atoms with Gasteiger partial charge in [0.25, 0.3) is 0 Å². The van der Waals surface area contributed by atoms with E-state index in [1.807, 2.05) is 20.8 Å². The van der Waals surface area contributed by atoms with Gasteiger partial charge >= 0.3 is 11.9 Å². The number of carbonyl (C=O) groups is 3. The first-order chi connectivity index (χ1) is 33.7. The number of benzene rings is 3. The number of ether oxygens (including phenoxy) is 2. The standard InChI is InChI=1S/C18H19ClFN5O3.C9H11ClFNO.C9H9ClN4O2.C7H4ClFO2.C2H7N.CH3/c1-3-24(9-10-12(26)6-5-11(20)15(10)19)13-7-8-25-17(22-13)14(16(21)23-25)18(27)28-4-2;1-2-12-5-6-8(13)4-3-7(11)9(6)10;1-2-16-9(15)6-7(11)13-14-4-3-5(10)12-8(6)14;8-7-4(3-10)6(11)2-1-5(7)9;1-2-3;/h5-8,26H,3-4,9H2,1-2H3,(H2,21,23);3-4,12-13H,2,5H2,1H3;3-4H,2H2,1H3,(H2,11,13);1-3,11H;2-3H2,1H3;1H3/q;;;;;-1. The summed E-state index contributed by atoms with van der Waals surface area (Å²) in [6.45, 7) is 12.0. The molecule has 0 bridgehead atoms. The monoisotopic (exact) mass is 1080 g/mol. The van der Waals surface area contributed by atoms with Crippen molar-refractivity contribution in [1.82, 2.24) is 34.5 Å². The molecule has 0 saturated heterocycles. The number of halogens is 7. The van der Waals surface area contributed by atoms with Crippen LogP contribution in [0.15, 0.2) is 60.9 Å². The zero-order valence-corrected chi connectivity index (χ0v) is 42.7. The number of anilines is 3. The Balaban J connectivity index is 0.000000344. The van der Waals surface area contributed by atoms with E-state index in [4.69, 9.17) is 78.2 Å². The number of aldehydes is 1. The maximum absolute atomic E-state index is 13.8. The fourth-order valence-electron chi connectivity index (χ4n) is 5.78. The highest BCUT2D eigenvalue weighted by Crippen LogP contribution is 2.32. The number of fused-ring (bicyclic) bond motifs is 2. The maximum atomic E-state index is 13.8. The van der Waals surface area contributed by atoms with Crippen LogP contribution >= 0.6 is 46.4 Å². The van der Waals surface area contributed by atoms with Crippen molar-refractivity contribution in [1.29, 1.82) is 0 Å². The topological polar surface area (TPSA) is 284 Å². The molecular weight excluding hydrogens is 1030 g/mol. The van der Waals surface area contributed by atoms with Gasteiger partial charge in [-0.15, -0.1) is 10.2 Å². The van der Waals surface area contributed by atoms with Gasteiger partial charge in [-0.25, -0.2) is 41.8 Å². The molecule has 0 saturated carbocycles. The molecule has 0 aliphatic carbocycles. The van der Waals surface area contributed by atoms with Gasteiger partial charge in [0.2, 0.25) is 0 Å². The molecule has 0 spiro atoms. The third-order valence-corrected chi connectivity index (χ3v) is 10.5. The summed E-state index contributed by atoms with van der Waals surface area (Å²) in [6, 6.07) is 10.1. The molecule has 72 heavy (non-hydrogen) atoms. The fourth-order valence-corrected chi connectivity index (χ4v) is 6.57. The number of nitrogens with zero attached hydrogens (tertiary/aromatic N) is 7. The highest BCUT2D eigenvalue weighted by atomic mass is 35.5. The van der Waals surface area contributed by atoms with Crippen LogP contribution in [0, 0.1) is 24.9 Å². The van der Waals surface area contributed by atoms with E-state index in [1.54, 1.807) is 43.3 Å². The molecule has 4 aromatic heterocycles. The Morgan fingerprint density at radius 1 is 0.708 bits per heavy atom. The lowest BCUT2D eigenvalue weighted by Gasteiger charge is -2.23. The molecule has 0 amide bonds. The van der Waals surface area contributed by atoms with E-state index in [0.717, 1.165) is 37.4 Å². The summed E-state index contributed by atoms with van der Waals surface area (Å²) >= 11 is 22.7. The molecule has 0 radical (unpaired) electrons. The van der Waals surface area contributed by atoms with Crippen molar-refractivity contribution in [3.05, 3.63) is 134 Å². The van der Waals surface area contributed by atoms with E-state index < -0.39 is 29.4 Å². The van der Waals surface area contributed by atoms with Gasteiger partial charge in [-0.05, 0) is 82.4 Å². The van der Waals surface area contributed by atoms with Gasteiger partial charge in [-0.3, -0.25) is 4.79 Å². The van der Waals surface area contributed by atoms with E-state index in [-0.39, 0.29) is 104 Å². The number of nitrogens with one attached hydrogen (secondary N) is 1. The molecule has 10 N–H and O–H groups in total. The van der Waals surface area contributed by atoms with Crippen LogP contribution in [0.25, 0.3) is 11.3 Å². The molecule has 0 aliphatic rings. The number of phenolic OH excluding ortho intramolecular Hbond substituents is 3. The Bertz CT molecular complexity index is 2950. The van der Waals surface area contributed by atoms with E-state index in [9.17, 15) is 37.8 Å². The summed E-state index contributed by atoms with van der Waals surface area (Å²) in [4.78, 5) is 44.2. The quantitative estimate of drug-likeness (QED) is 0.0260. The van der Waals surface area contributed by atoms with Gasteiger partial charge in [0.15, 0.2) is 29.2 Å². The summed E-state index contributed by atoms with van der Waals surface area (Å²) in [5.41, 5.74) is 17.5. The highest BCUT2D eigenvalue weighted by Gasteiger charge is 2.23. The number of phenols is 3. The summed E-state index contributed by atoms with van der Waals surface area (Å²) in [6.07, 6.45) is 3.48. The minimum atomic E-state index is -0.716. The highest BCUT2D eigenvalue weighted by molar-refractivity contribution is 6.33. The Kier molecular flexibility index (Phi) is 25.1. The van der Waals surface area contributed by atoms with Crippen LogP contribution < -0.4 is 27.4 Å². The van der Waals surface area contributed by atoms with E-state index in [2.05, 4.69) is 25.5 Å². The van der Waals surface area contributed by atoms with Crippen LogP contribution in [0.4, 0.5) is 30.6 Å². The van der Waals surface area contributed by atoms with E-state index in [1.165, 1.54) is 21.2 Å². The van der Waals surface area contributed by atoms with Gasteiger partial charge in [-0.1, -0.05) is 60.3 Å². The number of esters is 2. The van der Waals surface area contributed by atoms with Crippen molar-refractivity contribution in [3.63, 3.8) is 0 Å².